The molecule has 0 aliphatic carbocycles. The van der Waals surface area contributed by atoms with E-state index in [-0.39, 0.29) is 4.90 Å². The van der Waals surface area contributed by atoms with Crippen LogP contribution in [0.25, 0.3) is 0 Å². The number of rotatable bonds is 6. The Bertz CT molecular complexity index is 525. The molecule has 0 aliphatic rings. The minimum Gasteiger partial charge on any atom is -0.397 e. The van der Waals surface area contributed by atoms with E-state index in [1.54, 1.807) is 12.1 Å². The highest BCUT2D eigenvalue weighted by molar-refractivity contribution is 7.89. The lowest BCUT2D eigenvalue weighted by Crippen LogP contribution is -2.31. The molecule has 0 aliphatic heterocycles. The molecule has 1 aromatic rings. The predicted molar refractivity (Wildman–Crippen MR) is 79.9 cm³/mol. The minimum atomic E-state index is -3.44. The van der Waals surface area contributed by atoms with Crippen LogP contribution >= 0.6 is 0 Å². The number of hydrogen-bond acceptors (Lipinski definition) is 4. The van der Waals surface area contributed by atoms with Crippen LogP contribution < -0.4 is 15.4 Å². The molecule has 0 heterocycles. The number of nitrogens with two attached hydrogens (primary N) is 1. The molecule has 3 N–H and O–H groups in total. The van der Waals surface area contributed by atoms with Gasteiger partial charge in [0.25, 0.3) is 0 Å². The highest BCUT2D eigenvalue weighted by atomic mass is 32.2. The van der Waals surface area contributed by atoms with Gasteiger partial charge in [0.1, 0.15) is 0 Å². The maximum absolute atomic E-state index is 11.8. The summed E-state index contributed by atoms with van der Waals surface area (Å²) >= 11 is 0. The fraction of sp³-hybridized carbons (Fsp3) is 0.538. The van der Waals surface area contributed by atoms with Gasteiger partial charge in [-0.3, -0.25) is 0 Å². The first kappa shape index (κ1) is 15.8. The van der Waals surface area contributed by atoms with Crippen molar-refractivity contribution < 1.29 is 8.42 Å². The van der Waals surface area contributed by atoms with E-state index in [9.17, 15) is 8.42 Å². The maximum Gasteiger partial charge on any atom is 0.240 e. The fourth-order valence-corrected chi connectivity index (χ4v) is 2.90. The molecular weight excluding hydrogens is 262 g/mol. The van der Waals surface area contributed by atoms with Crippen LogP contribution in [0.5, 0.6) is 0 Å². The van der Waals surface area contributed by atoms with E-state index in [2.05, 4.69) is 18.6 Å². The average Bonchev–Trinajstić information content (AvgIpc) is 2.40. The van der Waals surface area contributed by atoms with Gasteiger partial charge in [-0.15, -0.1) is 0 Å². The van der Waals surface area contributed by atoms with Crippen LogP contribution in [-0.2, 0) is 10.0 Å². The smallest absolute Gasteiger partial charge is 0.240 e. The molecule has 0 fully saturated rings. The Balaban J connectivity index is 3.25. The SMILES string of the molecule is CCC(CC)N(C)c1cc(S(=O)(=O)NC)ccc1N. The molecule has 6 heteroatoms. The molecule has 0 saturated heterocycles. The largest absolute Gasteiger partial charge is 0.397 e. The Kier molecular flexibility index (Phi) is 5.20. The number of benzene rings is 1. The van der Waals surface area contributed by atoms with Crippen LogP contribution in [0.1, 0.15) is 26.7 Å². The van der Waals surface area contributed by atoms with E-state index in [0.29, 0.717) is 11.7 Å². The van der Waals surface area contributed by atoms with Crippen LogP contribution in [0, 0.1) is 0 Å². The second-order valence-electron chi connectivity index (χ2n) is 4.51. The van der Waals surface area contributed by atoms with Gasteiger partial charge in [0.2, 0.25) is 10.0 Å². The molecule has 19 heavy (non-hydrogen) atoms. The second-order valence-corrected chi connectivity index (χ2v) is 6.40. The van der Waals surface area contributed by atoms with Crippen molar-refractivity contribution in [3.8, 4) is 0 Å². The lowest BCUT2D eigenvalue weighted by molar-refractivity contribution is 0.585. The summed E-state index contributed by atoms with van der Waals surface area (Å²) in [6, 6.07) is 5.12. The van der Waals surface area contributed by atoms with Crippen LogP contribution in [-0.4, -0.2) is 28.6 Å². The third-order valence-corrected chi connectivity index (χ3v) is 4.86. The number of nitrogens with zero attached hydrogens (tertiary/aromatic N) is 1. The minimum absolute atomic E-state index is 0.233. The summed E-state index contributed by atoms with van der Waals surface area (Å²) < 4.78 is 26.0. The van der Waals surface area contributed by atoms with Crippen LogP contribution in [0.3, 0.4) is 0 Å². The maximum atomic E-state index is 11.8. The van der Waals surface area contributed by atoms with Crippen molar-refractivity contribution >= 4 is 21.4 Å². The van der Waals surface area contributed by atoms with Gasteiger partial charge in [0, 0.05) is 13.1 Å². The van der Waals surface area contributed by atoms with Gasteiger partial charge in [-0.2, -0.15) is 0 Å². The molecule has 0 amide bonds. The van der Waals surface area contributed by atoms with Crippen LogP contribution in [0.2, 0.25) is 0 Å². The van der Waals surface area contributed by atoms with E-state index in [0.717, 1.165) is 18.5 Å². The zero-order valence-electron chi connectivity index (χ0n) is 12.0. The highest BCUT2D eigenvalue weighted by Crippen LogP contribution is 2.28. The quantitative estimate of drug-likeness (QED) is 0.782. The summed E-state index contributed by atoms with van der Waals surface area (Å²) in [6.07, 6.45) is 1.96. The number of nitrogen functional groups attached to an aromatic ring is 1. The molecule has 0 unspecified atom stereocenters. The van der Waals surface area contributed by atoms with Crippen molar-refractivity contribution in [2.24, 2.45) is 0 Å². The zero-order chi connectivity index (χ0) is 14.6. The van der Waals surface area contributed by atoms with Gasteiger partial charge in [0.15, 0.2) is 0 Å². The van der Waals surface area contributed by atoms with Crippen molar-refractivity contribution in [3.63, 3.8) is 0 Å². The first-order valence-corrected chi connectivity index (χ1v) is 7.91. The monoisotopic (exact) mass is 285 g/mol. The molecular formula is C13H23N3O2S. The molecule has 0 bridgehead atoms. The van der Waals surface area contributed by atoms with Gasteiger partial charge >= 0.3 is 0 Å². The van der Waals surface area contributed by atoms with E-state index in [1.807, 2.05) is 11.9 Å². The Morgan fingerprint density at radius 1 is 1.32 bits per heavy atom. The lowest BCUT2D eigenvalue weighted by atomic mass is 10.1. The number of sulfonamides is 1. The van der Waals surface area contributed by atoms with Gasteiger partial charge in [-0.1, -0.05) is 13.8 Å². The van der Waals surface area contributed by atoms with E-state index in [1.165, 1.54) is 13.1 Å². The summed E-state index contributed by atoms with van der Waals surface area (Å²) in [5, 5.41) is 0. The third-order valence-electron chi connectivity index (χ3n) is 3.45. The Morgan fingerprint density at radius 3 is 2.37 bits per heavy atom. The molecule has 0 spiro atoms. The molecule has 0 radical (unpaired) electrons. The normalized spacial score (nSPS) is 11.8. The molecule has 1 aromatic carbocycles. The van der Waals surface area contributed by atoms with Gasteiger partial charge in [0.05, 0.1) is 16.3 Å². The summed E-state index contributed by atoms with van der Waals surface area (Å²) in [5.74, 6) is 0. The summed E-state index contributed by atoms with van der Waals surface area (Å²) in [6.45, 7) is 4.21. The van der Waals surface area contributed by atoms with Crippen LogP contribution in [0.15, 0.2) is 23.1 Å². The Hall–Kier alpha value is -1.27. The Morgan fingerprint density at radius 2 is 1.89 bits per heavy atom. The van der Waals surface area contributed by atoms with Crippen molar-refractivity contribution in [3.05, 3.63) is 18.2 Å². The van der Waals surface area contributed by atoms with Gasteiger partial charge in [-0.05, 0) is 38.1 Å². The molecule has 0 aromatic heterocycles. The van der Waals surface area contributed by atoms with Crippen LogP contribution in [0.4, 0.5) is 11.4 Å². The molecule has 108 valence electrons. The van der Waals surface area contributed by atoms with E-state index < -0.39 is 10.0 Å². The number of anilines is 2. The lowest BCUT2D eigenvalue weighted by Gasteiger charge is -2.29. The molecule has 1 rings (SSSR count). The predicted octanol–water partition coefficient (Wildman–Crippen LogP) is 1.80. The first-order valence-electron chi connectivity index (χ1n) is 6.43. The van der Waals surface area contributed by atoms with Crippen molar-refractivity contribution in [1.82, 2.24) is 4.72 Å². The first-order chi connectivity index (χ1) is 8.87. The van der Waals surface area contributed by atoms with Crippen molar-refractivity contribution in [2.45, 2.75) is 37.6 Å². The number of hydrogen-bond donors (Lipinski definition) is 2. The summed E-state index contributed by atoms with van der Waals surface area (Å²) in [4.78, 5) is 2.28. The van der Waals surface area contributed by atoms with Gasteiger partial charge in [-0.25, -0.2) is 13.1 Å². The Labute approximate surface area is 115 Å². The average molecular weight is 285 g/mol. The number of nitrogens with one attached hydrogen (secondary N) is 1. The standard InChI is InChI=1S/C13H23N3O2S/c1-5-10(6-2)16(4)13-9-11(7-8-12(13)14)19(17,18)15-3/h7-10,15H,5-6,14H2,1-4H3. The molecule has 0 atom stereocenters. The topological polar surface area (TPSA) is 75.4 Å². The summed E-state index contributed by atoms with van der Waals surface area (Å²) in [5.41, 5.74) is 7.31. The van der Waals surface area contributed by atoms with E-state index in [4.69, 9.17) is 5.73 Å². The third kappa shape index (κ3) is 3.39. The molecule has 0 saturated carbocycles. The van der Waals surface area contributed by atoms with E-state index >= 15 is 0 Å². The highest BCUT2D eigenvalue weighted by Gasteiger charge is 2.18. The zero-order valence-corrected chi connectivity index (χ0v) is 12.8. The second kappa shape index (κ2) is 6.25. The van der Waals surface area contributed by atoms with Gasteiger partial charge < -0.3 is 10.6 Å². The molecule has 5 nitrogen and oxygen atoms in total. The van der Waals surface area contributed by atoms with Crippen molar-refractivity contribution in [1.29, 1.82) is 0 Å². The summed E-state index contributed by atoms with van der Waals surface area (Å²) in [7, 11) is -0.1000. The fourth-order valence-electron chi connectivity index (χ4n) is 2.15. The van der Waals surface area contributed by atoms with Crippen molar-refractivity contribution in [2.75, 3.05) is 24.7 Å².